The summed E-state index contributed by atoms with van der Waals surface area (Å²) in [4.78, 5) is 31.9. The van der Waals surface area contributed by atoms with Gasteiger partial charge in [-0.05, 0) is 57.6 Å². The van der Waals surface area contributed by atoms with Gasteiger partial charge in [-0.3, -0.25) is 9.59 Å². The van der Waals surface area contributed by atoms with Crippen molar-refractivity contribution in [2.45, 2.75) is 69.2 Å². The van der Waals surface area contributed by atoms with Crippen molar-refractivity contribution in [2.24, 2.45) is 5.73 Å². The third kappa shape index (κ3) is 4.22. The van der Waals surface area contributed by atoms with Gasteiger partial charge in [-0.1, -0.05) is 0 Å². The number of hydrogen-bond acceptors (Lipinski definition) is 8. The molecule has 2 fully saturated rings. The highest BCUT2D eigenvalue weighted by atomic mass is 16.5. The van der Waals surface area contributed by atoms with Crippen molar-refractivity contribution in [1.82, 2.24) is 19.2 Å². The summed E-state index contributed by atoms with van der Waals surface area (Å²) in [5.41, 5.74) is 6.12. The zero-order chi connectivity index (χ0) is 25.6. The first-order valence-corrected chi connectivity index (χ1v) is 12.3. The number of ether oxygens (including phenoxy) is 1. The van der Waals surface area contributed by atoms with E-state index in [0.717, 1.165) is 38.5 Å². The van der Waals surface area contributed by atoms with E-state index in [-0.39, 0.29) is 34.5 Å². The van der Waals surface area contributed by atoms with E-state index >= 15 is 0 Å². The van der Waals surface area contributed by atoms with Gasteiger partial charge in [0.15, 0.2) is 5.65 Å². The van der Waals surface area contributed by atoms with Crippen LogP contribution >= 0.6 is 0 Å². The van der Waals surface area contributed by atoms with Gasteiger partial charge in [-0.25, -0.2) is 4.98 Å². The van der Waals surface area contributed by atoms with Crippen LogP contribution in [0.25, 0.3) is 5.65 Å². The number of anilines is 3. The van der Waals surface area contributed by atoms with Crippen molar-refractivity contribution in [3.05, 3.63) is 46.5 Å². The van der Waals surface area contributed by atoms with E-state index in [4.69, 9.17) is 10.5 Å². The molecular weight excluding hydrogens is 462 g/mol. The predicted molar refractivity (Wildman–Crippen MR) is 136 cm³/mol. The molecule has 3 aromatic heterocycles. The fraction of sp³-hybridized carbons (Fsp3) is 0.520. The van der Waals surface area contributed by atoms with Gasteiger partial charge >= 0.3 is 0 Å². The fourth-order valence-corrected chi connectivity index (χ4v) is 5.25. The maximum absolute atomic E-state index is 13.4. The number of nitrogens with zero attached hydrogens (tertiary/aromatic N) is 5. The molecule has 5 rings (SSSR count). The summed E-state index contributed by atoms with van der Waals surface area (Å²) in [7, 11) is 3.60. The molecule has 4 N–H and O–H groups in total. The summed E-state index contributed by atoms with van der Waals surface area (Å²) in [6.45, 7) is 2.11. The largest absolute Gasteiger partial charge is 0.391 e. The number of aliphatic hydroxyl groups excluding tert-OH is 1. The zero-order valence-electron chi connectivity index (χ0n) is 20.8. The summed E-state index contributed by atoms with van der Waals surface area (Å²) >= 11 is 0. The van der Waals surface area contributed by atoms with Crippen LogP contribution in [0.2, 0.25) is 0 Å². The number of rotatable bonds is 7. The number of carbonyl (C=O) groups excluding carboxylic acids is 1. The maximum atomic E-state index is 13.4. The minimum atomic E-state index is -0.644. The molecule has 2 saturated carbocycles. The number of nitrogens with two attached hydrogens (primary N) is 1. The smallest absolute Gasteiger partial charge is 0.274 e. The van der Waals surface area contributed by atoms with Gasteiger partial charge in [-0.2, -0.15) is 9.61 Å². The number of methoxy groups -OCH3 is 1. The Bertz CT molecular complexity index is 1340. The number of aliphatic hydroxyl groups is 1. The first kappa shape index (κ1) is 24.3. The van der Waals surface area contributed by atoms with Crippen LogP contribution in [-0.4, -0.2) is 62.1 Å². The molecule has 3 aromatic rings. The molecule has 11 nitrogen and oxygen atoms in total. The van der Waals surface area contributed by atoms with Crippen LogP contribution in [0.1, 0.15) is 61.8 Å². The molecule has 3 heterocycles. The molecule has 11 heteroatoms. The van der Waals surface area contributed by atoms with E-state index < -0.39 is 12.0 Å². The number of nitrogens with one attached hydrogen (secondary N) is 1. The number of pyridine rings is 1. The maximum Gasteiger partial charge on any atom is 0.274 e. The summed E-state index contributed by atoms with van der Waals surface area (Å²) in [5, 5.41) is 17.7. The fourth-order valence-electron chi connectivity index (χ4n) is 5.25. The summed E-state index contributed by atoms with van der Waals surface area (Å²) in [6, 6.07) is 5.34. The SMILES string of the molecule is COC1(C)CCC(n2cccc(Nc3cc(N(C)[C@H]4CC[C@H]4O)n4ncc(C(N)=O)c4n3)c2=O)CC1. The van der Waals surface area contributed by atoms with Crippen molar-refractivity contribution in [3.8, 4) is 0 Å². The topological polar surface area (TPSA) is 140 Å². The third-order valence-electron chi connectivity index (χ3n) is 7.92. The van der Waals surface area contributed by atoms with Crippen LogP contribution in [0, 0.1) is 0 Å². The van der Waals surface area contributed by atoms with Gasteiger partial charge in [-0.15, -0.1) is 0 Å². The molecule has 0 spiro atoms. The zero-order valence-corrected chi connectivity index (χ0v) is 20.8. The van der Waals surface area contributed by atoms with Crippen molar-refractivity contribution in [2.75, 3.05) is 24.4 Å². The van der Waals surface area contributed by atoms with Crippen LogP contribution in [-0.2, 0) is 4.74 Å². The molecule has 0 aromatic carbocycles. The van der Waals surface area contributed by atoms with Gasteiger partial charge in [0.2, 0.25) is 0 Å². The Labute approximate surface area is 208 Å². The van der Waals surface area contributed by atoms with E-state index in [0.29, 0.717) is 17.3 Å². The number of amides is 1. The number of aromatic nitrogens is 4. The second-order valence-electron chi connectivity index (χ2n) is 10.1. The highest BCUT2D eigenvalue weighted by Crippen LogP contribution is 2.36. The highest BCUT2D eigenvalue weighted by Gasteiger charge is 2.34. The molecule has 0 saturated heterocycles. The normalized spacial score (nSPS) is 25.9. The average molecular weight is 496 g/mol. The Morgan fingerprint density at radius 2 is 2.06 bits per heavy atom. The molecule has 0 bridgehead atoms. The van der Waals surface area contributed by atoms with E-state index in [1.807, 2.05) is 24.2 Å². The number of hydrogen-bond donors (Lipinski definition) is 3. The Balaban J connectivity index is 1.49. The van der Waals surface area contributed by atoms with Crippen LogP contribution in [0.5, 0.6) is 0 Å². The van der Waals surface area contributed by atoms with Crippen LogP contribution in [0.15, 0.2) is 35.4 Å². The molecule has 0 unspecified atom stereocenters. The van der Waals surface area contributed by atoms with Gasteiger partial charge in [0.1, 0.15) is 22.9 Å². The van der Waals surface area contributed by atoms with Gasteiger partial charge in [0.05, 0.1) is 23.9 Å². The minimum Gasteiger partial charge on any atom is -0.391 e. The molecule has 1 amide bonds. The van der Waals surface area contributed by atoms with Crippen molar-refractivity contribution in [1.29, 1.82) is 0 Å². The Hall–Kier alpha value is -3.44. The first-order chi connectivity index (χ1) is 17.2. The lowest BCUT2D eigenvalue weighted by atomic mass is 9.83. The molecule has 2 aliphatic carbocycles. The number of primary amides is 1. The molecule has 0 aliphatic heterocycles. The number of fused-ring (bicyclic) bond motifs is 1. The highest BCUT2D eigenvalue weighted by molar-refractivity contribution is 5.99. The van der Waals surface area contributed by atoms with E-state index in [9.17, 15) is 14.7 Å². The van der Waals surface area contributed by atoms with E-state index in [1.165, 1.54) is 10.7 Å². The Morgan fingerprint density at radius 3 is 2.67 bits per heavy atom. The molecular formula is C25H33N7O4. The predicted octanol–water partition coefficient (Wildman–Crippen LogP) is 2.21. The summed E-state index contributed by atoms with van der Waals surface area (Å²) in [5.74, 6) is 0.363. The van der Waals surface area contributed by atoms with Gasteiger partial charge in [0.25, 0.3) is 11.5 Å². The van der Waals surface area contributed by atoms with Crippen molar-refractivity contribution < 1.29 is 14.6 Å². The van der Waals surface area contributed by atoms with Crippen molar-refractivity contribution >= 4 is 28.9 Å². The van der Waals surface area contributed by atoms with Gasteiger partial charge in [0, 0.05) is 32.5 Å². The quantitative estimate of drug-likeness (QED) is 0.453. The Kier molecular flexibility index (Phi) is 6.21. The summed E-state index contributed by atoms with van der Waals surface area (Å²) < 4.78 is 8.96. The lowest BCUT2D eigenvalue weighted by Crippen LogP contribution is -2.49. The second-order valence-corrected chi connectivity index (χ2v) is 10.1. The second kappa shape index (κ2) is 9.21. The monoisotopic (exact) mass is 495 g/mol. The first-order valence-electron chi connectivity index (χ1n) is 12.3. The lowest BCUT2D eigenvalue weighted by Gasteiger charge is -2.40. The van der Waals surface area contributed by atoms with Crippen molar-refractivity contribution in [3.63, 3.8) is 0 Å². The van der Waals surface area contributed by atoms with E-state index in [2.05, 4.69) is 22.3 Å². The summed E-state index contributed by atoms with van der Waals surface area (Å²) in [6.07, 6.45) is 7.81. The standard InChI is InChI=1S/C25H33N7O4/c1-25(36-3)10-8-15(9-11-25)31-12-4-5-17(24(31)35)28-20-13-21(30(2)18-6-7-19(18)33)32-23(29-20)16(14-27-32)22(26)34/h4-5,12-15,18-19,33H,6-11H2,1-3H3,(H2,26,34)(H,28,29)/t15?,18-,19+,25?/m0/s1. The van der Waals surface area contributed by atoms with Crippen LogP contribution in [0.4, 0.5) is 17.3 Å². The molecule has 0 radical (unpaired) electrons. The van der Waals surface area contributed by atoms with Crippen LogP contribution < -0.4 is 21.5 Å². The molecule has 36 heavy (non-hydrogen) atoms. The molecule has 2 atom stereocenters. The number of likely N-dealkylation sites (N-methyl/N-ethyl adjacent to an activating group) is 1. The lowest BCUT2D eigenvalue weighted by molar-refractivity contribution is -0.0324. The van der Waals surface area contributed by atoms with Crippen LogP contribution in [0.3, 0.4) is 0 Å². The Morgan fingerprint density at radius 1 is 1.31 bits per heavy atom. The molecule has 192 valence electrons. The van der Waals surface area contributed by atoms with E-state index in [1.54, 1.807) is 23.8 Å². The average Bonchev–Trinajstić information content (AvgIpc) is 3.29. The van der Waals surface area contributed by atoms with Gasteiger partial charge < -0.3 is 30.4 Å². The third-order valence-corrected chi connectivity index (χ3v) is 7.92. The molecule has 2 aliphatic rings. The number of carbonyl (C=O) groups is 1. The minimum absolute atomic E-state index is 0.0808.